The molecule has 0 amide bonds. The molecule has 0 spiro atoms. The Kier molecular flexibility index (Phi) is 3.58. The van der Waals surface area contributed by atoms with E-state index < -0.39 is 0 Å². The summed E-state index contributed by atoms with van der Waals surface area (Å²) in [6.07, 6.45) is 1.79. The fourth-order valence-corrected chi connectivity index (χ4v) is 2.45. The summed E-state index contributed by atoms with van der Waals surface area (Å²) < 4.78 is 1.21. The van der Waals surface area contributed by atoms with Crippen molar-refractivity contribution in [1.82, 2.24) is 9.78 Å². The van der Waals surface area contributed by atoms with E-state index in [0.29, 0.717) is 17.0 Å². The van der Waals surface area contributed by atoms with Crippen LogP contribution in [0.2, 0.25) is 15.1 Å². The zero-order chi connectivity index (χ0) is 13.3. The highest BCUT2D eigenvalue weighted by molar-refractivity contribution is 6.40. The van der Waals surface area contributed by atoms with Gasteiger partial charge in [-0.25, -0.2) is 4.68 Å². The molecule has 1 heterocycles. The molecule has 0 saturated carbocycles. The second-order valence-electron chi connectivity index (χ2n) is 3.30. The van der Waals surface area contributed by atoms with Gasteiger partial charge in [0.25, 0.3) is 0 Å². The van der Waals surface area contributed by atoms with Crippen LogP contribution in [-0.4, -0.2) is 16.1 Å². The SMILES string of the molecule is N#Cc1cnn(-c2c(Cl)cc(Cl)cc2Cl)c1C=O. The number of halogens is 3. The quantitative estimate of drug-likeness (QED) is 0.797. The number of carbonyl (C=O) groups excluding carboxylic acids is 1. The first-order valence-electron chi connectivity index (χ1n) is 4.66. The summed E-state index contributed by atoms with van der Waals surface area (Å²) in [6.45, 7) is 0. The van der Waals surface area contributed by atoms with E-state index in [1.165, 1.54) is 23.0 Å². The minimum atomic E-state index is 0.0867. The predicted molar refractivity (Wildman–Crippen MR) is 68.7 cm³/mol. The maximum Gasteiger partial charge on any atom is 0.169 e. The fraction of sp³-hybridized carbons (Fsp3) is 0. The Bertz CT molecular complexity index is 650. The molecule has 0 fully saturated rings. The van der Waals surface area contributed by atoms with Crippen LogP contribution < -0.4 is 0 Å². The smallest absolute Gasteiger partial charge is 0.169 e. The van der Waals surface area contributed by atoms with Gasteiger partial charge in [0.05, 0.1) is 16.2 Å². The monoisotopic (exact) mass is 299 g/mol. The van der Waals surface area contributed by atoms with Crippen LogP contribution in [0, 0.1) is 11.3 Å². The van der Waals surface area contributed by atoms with E-state index in [4.69, 9.17) is 40.1 Å². The lowest BCUT2D eigenvalue weighted by Gasteiger charge is -2.09. The Morgan fingerprint density at radius 2 is 1.89 bits per heavy atom. The summed E-state index contributed by atoms with van der Waals surface area (Å²) in [5.74, 6) is 0. The third-order valence-electron chi connectivity index (χ3n) is 2.23. The molecule has 4 nitrogen and oxygen atoms in total. The number of nitriles is 1. The fourth-order valence-electron chi connectivity index (χ4n) is 1.47. The molecule has 0 saturated heterocycles. The zero-order valence-corrected chi connectivity index (χ0v) is 11.0. The molecule has 0 aliphatic carbocycles. The highest BCUT2D eigenvalue weighted by Gasteiger charge is 2.17. The van der Waals surface area contributed by atoms with Crippen LogP contribution in [-0.2, 0) is 0 Å². The summed E-state index contributed by atoms with van der Waals surface area (Å²) in [5, 5.41) is 13.6. The van der Waals surface area contributed by atoms with Crippen molar-refractivity contribution in [2.75, 3.05) is 0 Å². The van der Waals surface area contributed by atoms with Gasteiger partial charge >= 0.3 is 0 Å². The molecule has 0 bridgehead atoms. The maximum atomic E-state index is 11.0. The topological polar surface area (TPSA) is 58.7 Å². The van der Waals surface area contributed by atoms with Crippen LogP contribution in [0.4, 0.5) is 0 Å². The minimum absolute atomic E-state index is 0.0867. The Morgan fingerprint density at radius 3 is 2.39 bits per heavy atom. The van der Waals surface area contributed by atoms with E-state index in [0.717, 1.165) is 0 Å². The molecule has 0 radical (unpaired) electrons. The zero-order valence-electron chi connectivity index (χ0n) is 8.69. The van der Waals surface area contributed by atoms with Gasteiger partial charge in [0.1, 0.15) is 23.0 Å². The molecule has 90 valence electrons. The normalized spacial score (nSPS) is 10.1. The van der Waals surface area contributed by atoms with Gasteiger partial charge in [-0.1, -0.05) is 34.8 Å². The van der Waals surface area contributed by atoms with Crippen molar-refractivity contribution in [1.29, 1.82) is 5.26 Å². The molecule has 2 rings (SSSR count). The van der Waals surface area contributed by atoms with Crippen LogP contribution in [0.25, 0.3) is 5.69 Å². The molecule has 18 heavy (non-hydrogen) atoms. The molecule has 1 aromatic carbocycles. The van der Waals surface area contributed by atoms with Crippen LogP contribution in [0.5, 0.6) is 0 Å². The minimum Gasteiger partial charge on any atom is -0.296 e. The van der Waals surface area contributed by atoms with E-state index in [-0.39, 0.29) is 21.3 Å². The summed E-state index contributed by atoms with van der Waals surface area (Å²) in [6, 6.07) is 4.82. The average Bonchev–Trinajstić information content (AvgIpc) is 2.70. The Hall–Kier alpha value is -1.54. The van der Waals surface area contributed by atoms with E-state index in [9.17, 15) is 4.79 Å². The number of aromatic nitrogens is 2. The molecule has 7 heteroatoms. The first kappa shape index (κ1) is 12.9. The third-order valence-corrected chi connectivity index (χ3v) is 3.03. The van der Waals surface area contributed by atoms with Crippen molar-refractivity contribution in [2.24, 2.45) is 0 Å². The average molecular weight is 301 g/mol. The summed E-state index contributed by atoms with van der Waals surface area (Å²) in [5.41, 5.74) is 0.544. The summed E-state index contributed by atoms with van der Waals surface area (Å²) in [4.78, 5) is 11.0. The summed E-state index contributed by atoms with van der Waals surface area (Å²) in [7, 11) is 0. The van der Waals surface area contributed by atoms with Crippen LogP contribution in [0.15, 0.2) is 18.3 Å². The van der Waals surface area contributed by atoms with E-state index in [2.05, 4.69) is 5.10 Å². The lowest BCUT2D eigenvalue weighted by Crippen LogP contribution is -2.03. The van der Waals surface area contributed by atoms with Gasteiger partial charge in [0.15, 0.2) is 6.29 Å². The first-order valence-corrected chi connectivity index (χ1v) is 5.80. The van der Waals surface area contributed by atoms with Gasteiger partial charge < -0.3 is 0 Å². The van der Waals surface area contributed by atoms with Gasteiger partial charge in [-0.2, -0.15) is 10.4 Å². The van der Waals surface area contributed by atoms with Gasteiger partial charge in [-0.15, -0.1) is 0 Å². The lowest BCUT2D eigenvalue weighted by molar-refractivity contribution is 0.111. The highest BCUT2D eigenvalue weighted by atomic mass is 35.5. The summed E-state index contributed by atoms with van der Waals surface area (Å²) >= 11 is 17.8. The van der Waals surface area contributed by atoms with Crippen LogP contribution in [0.1, 0.15) is 16.1 Å². The molecular weight excluding hydrogens is 297 g/mol. The molecule has 0 aliphatic rings. The predicted octanol–water partition coefficient (Wildman–Crippen LogP) is 3.52. The second-order valence-corrected chi connectivity index (χ2v) is 4.55. The molecule has 0 aliphatic heterocycles. The Labute approximate surface area is 117 Å². The van der Waals surface area contributed by atoms with Crippen LogP contribution in [0.3, 0.4) is 0 Å². The molecule has 1 aromatic heterocycles. The highest BCUT2D eigenvalue weighted by Crippen LogP contribution is 2.32. The van der Waals surface area contributed by atoms with Gasteiger partial charge in [0.2, 0.25) is 0 Å². The van der Waals surface area contributed by atoms with Crippen molar-refractivity contribution in [2.45, 2.75) is 0 Å². The number of hydrogen-bond donors (Lipinski definition) is 0. The number of nitrogens with zero attached hydrogens (tertiary/aromatic N) is 3. The van der Waals surface area contributed by atoms with Crippen molar-refractivity contribution in [3.63, 3.8) is 0 Å². The third kappa shape index (κ3) is 2.08. The lowest BCUT2D eigenvalue weighted by atomic mass is 10.2. The number of carbonyl (C=O) groups is 1. The second kappa shape index (κ2) is 4.99. The molecule has 0 N–H and O–H groups in total. The maximum absolute atomic E-state index is 11.0. The first-order chi connectivity index (χ1) is 8.58. The molecule has 0 atom stereocenters. The number of aldehydes is 1. The molecule has 0 unspecified atom stereocenters. The number of hydrogen-bond acceptors (Lipinski definition) is 3. The van der Waals surface area contributed by atoms with E-state index in [1.54, 1.807) is 0 Å². The van der Waals surface area contributed by atoms with E-state index >= 15 is 0 Å². The molecular formula is C11H4Cl3N3O. The molecule has 2 aromatic rings. The van der Waals surface area contributed by atoms with Gasteiger partial charge in [-0.05, 0) is 12.1 Å². The van der Waals surface area contributed by atoms with Crippen LogP contribution >= 0.6 is 34.8 Å². The number of rotatable bonds is 2. The van der Waals surface area contributed by atoms with Gasteiger partial charge in [-0.3, -0.25) is 4.79 Å². The van der Waals surface area contributed by atoms with Crippen molar-refractivity contribution >= 4 is 41.1 Å². The van der Waals surface area contributed by atoms with Crippen molar-refractivity contribution in [3.8, 4) is 11.8 Å². The van der Waals surface area contributed by atoms with E-state index in [1.807, 2.05) is 6.07 Å². The Balaban J connectivity index is 2.74. The van der Waals surface area contributed by atoms with Crippen molar-refractivity contribution < 1.29 is 4.79 Å². The number of benzene rings is 1. The largest absolute Gasteiger partial charge is 0.296 e. The van der Waals surface area contributed by atoms with Crippen molar-refractivity contribution in [3.05, 3.63) is 44.7 Å². The Morgan fingerprint density at radius 1 is 1.28 bits per heavy atom. The standard InChI is InChI=1S/C11H4Cl3N3O/c12-7-1-8(13)11(9(14)2-7)17-10(5-18)6(3-15)4-16-17/h1-2,4-5H. The van der Waals surface area contributed by atoms with Gasteiger partial charge in [0, 0.05) is 5.02 Å².